The SMILES string of the molecule is CCc1cnc2n1CC(C(=O)O)CN2. The third kappa shape index (κ3) is 1.34. The maximum Gasteiger partial charge on any atom is 0.310 e. The third-order valence-electron chi connectivity index (χ3n) is 2.56. The third-order valence-corrected chi connectivity index (χ3v) is 2.56. The van der Waals surface area contributed by atoms with Crippen LogP contribution in [0.5, 0.6) is 0 Å². The molecule has 1 atom stereocenters. The number of aryl methyl sites for hydroxylation is 1. The number of aromatic nitrogens is 2. The van der Waals surface area contributed by atoms with Crippen molar-refractivity contribution in [2.75, 3.05) is 11.9 Å². The molecule has 0 aromatic carbocycles. The maximum absolute atomic E-state index is 10.8. The molecule has 0 saturated carbocycles. The molecule has 0 radical (unpaired) electrons. The monoisotopic (exact) mass is 195 g/mol. The lowest BCUT2D eigenvalue weighted by Gasteiger charge is -2.23. The highest BCUT2D eigenvalue weighted by atomic mass is 16.4. The highest BCUT2D eigenvalue weighted by Crippen LogP contribution is 2.19. The van der Waals surface area contributed by atoms with Crippen LogP contribution in [0.15, 0.2) is 6.20 Å². The van der Waals surface area contributed by atoms with E-state index in [4.69, 9.17) is 5.11 Å². The smallest absolute Gasteiger partial charge is 0.310 e. The van der Waals surface area contributed by atoms with Crippen molar-refractivity contribution in [3.05, 3.63) is 11.9 Å². The van der Waals surface area contributed by atoms with Crippen molar-refractivity contribution in [3.8, 4) is 0 Å². The first-order valence-electron chi connectivity index (χ1n) is 4.73. The molecule has 1 aromatic rings. The summed E-state index contributed by atoms with van der Waals surface area (Å²) in [4.78, 5) is 15.0. The number of imidazole rings is 1. The van der Waals surface area contributed by atoms with E-state index >= 15 is 0 Å². The van der Waals surface area contributed by atoms with Gasteiger partial charge in [0.2, 0.25) is 5.95 Å². The number of carboxylic acid groups (broad SMARTS) is 1. The Balaban J connectivity index is 2.27. The van der Waals surface area contributed by atoms with E-state index in [1.165, 1.54) is 0 Å². The summed E-state index contributed by atoms with van der Waals surface area (Å²) in [5, 5.41) is 11.9. The molecule has 5 nitrogen and oxygen atoms in total. The fourth-order valence-electron chi connectivity index (χ4n) is 1.70. The minimum Gasteiger partial charge on any atom is -0.481 e. The van der Waals surface area contributed by atoms with Crippen LogP contribution in [-0.4, -0.2) is 27.2 Å². The summed E-state index contributed by atoms with van der Waals surface area (Å²) in [6.07, 6.45) is 2.67. The number of carbonyl (C=O) groups is 1. The zero-order valence-corrected chi connectivity index (χ0v) is 8.03. The van der Waals surface area contributed by atoms with Gasteiger partial charge in [-0.3, -0.25) is 4.79 Å². The second kappa shape index (κ2) is 3.32. The minimum absolute atomic E-state index is 0.345. The Labute approximate surface area is 81.8 Å². The van der Waals surface area contributed by atoms with Gasteiger partial charge in [-0.25, -0.2) is 4.98 Å². The van der Waals surface area contributed by atoms with Gasteiger partial charge < -0.3 is 15.0 Å². The molecule has 14 heavy (non-hydrogen) atoms. The summed E-state index contributed by atoms with van der Waals surface area (Å²) in [6, 6.07) is 0. The van der Waals surface area contributed by atoms with Crippen LogP contribution in [0.4, 0.5) is 5.95 Å². The van der Waals surface area contributed by atoms with Gasteiger partial charge in [0.15, 0.2) is 0 Å². The molecule has 0 fully saturated rings. The molecule has 1 aromatic heterocycles. The average molecular weight is 195 g/mol. The predicted octanol–water partition coefficient (Wildman–Crippen LogP) is 0.572. The van der Waals surface area contributed by atoms with E-state index in [2.05, 4.69) is 10.3 Å². The van der Waals surface area contributed by atoms with Gasteiger partial charge in [0.05, 0.1) is 12.1 Å². The average Bonchev–Trinajstić information content (AvgIpc) is 2.59. The van der Waals surface area contributed by atoms with Crippen molar-refractivity contribution in [1.29, 1.82) is 0 Å². The minimum atomic E-state index is -0.751. The lowest BCUT2D eigenvalue weighted by molar-refractivity contribution is -0.141. The molecule has 0 spiro atoms. The molecule has 1 aliphatic rings. The van der Waals surface area contributed by atoms with Gasteiger partial charge in [-0.2, -0.15) is 0 Å². The second-order valence-corrected chi connectivity index (χ2v) is 3.45. The van der Waals surface area contributed by atoms with Gasteiger partial charge in [0.25, 0.3) is 0 Å². The molecular formula is C9H13N3O2. The Bertz CT molecular complexity index is 345. The van der Waals surface area contributed by atoms with Crippen molar-refractivity contribution in [2.45, 2.75) is 19.9 Å². The summed E-state index contributed by atoms with van der Waals surface area (Å²) in [5.41, 5.74) is 1.08. The molecule has 2 N–H and O–H groups in total. The Hall–Kier alpha value is -1.52. The molecule has 2 rings (SSSR count). The summed E-state index contributed by atoms with van der Waals surface area (Å²) in [6.45, 7) is 3.03. The molecule has 0 bridgehead atoms. The lowest BCUT2D eigenvalue weighted by atomic mass is 10.1. The van der Waals surface area contributed by atoms with Gasteiger partial charge >= 0.3 is 5.97 Å². The van der Waals surface area contributed by atoms with Crippen LogP contribution in [-0.2, 0) is 17.8 Å². The van der Waals surface area contributed by atoms with Crippen LogP contribution in [0.25, 0.3) is 0 Å². The number of fused-ring (bicyclic) bond motifs is 1. The summed E-state index contributed by atoms with van der Waals surface area (Å²) in [7, 11) is 0. The number of anilines is 1. The molecule has 76 valence electrons. The number of nitrogens with one attached hydrogen (secondary N) is 1. The maximum atomic E-state index is 10.8. The summed E-state index contributed by atoms with van der Waals surface area (Å²) >= 11 is 0. The van der Waals surface area contributed by atoms with E-state index in [0.29, 0.717) is 13.1 Å². The van der Waals surface area contributed by atoms with E-state index in [-0.39, 0.29) is 5.92 Å². The van der Waals surface area contributed by atoms with Crippen LogP contribution in [0.2, 0.25) is 0 Å². The molecule has 0 aliphatic carbocycles. The first-order chi connectivity index (χ1) is 6.72. The van der Waals surface area contributed by atoms with Gasteiger partial charge in [-0.1, -0.05) is 6.92 Å². The molecule has 0 amide bonds. The highest BCUT2D eigenvalue weighted by molar-refractivity contribution is 5.71. The lowest BCUT2D eigenvalue weighted by Crippen LogP contribution is -2.33. The molecule has 5 heteroatoms. The van der Waals surface area contributed by atoms with Gasteiger partial charge in [0.1, 0.15) is 0 Å². The summed E-state index contributed by atoms with van der Waals surface area (Å²) < 4.78 is 1.95. The van der Waals surface area contributed by atoms with Crippen LogP contribution >= 0.6 is 0 Å². The van der Waals surface area contributed by atoms with Crippen molar-refractivity contribution in [2.24, 2.45) is 5.92 Å². The van der Waals surface area contributed by atoms with E-state index < -0.39 is 5.97 Å². The summed E-state index contributed by atoms with van der Waals surface area (Å²) in [5.74, 6) is -0.305. The van der Waals surface area contributed by atoms with Crippen LogP contribution < -0.4 is 5.32 Å². The standard InChI is InChI=1S/C9H13N3O2/c1-2-7-4-11-9-10-3-6(8(13)14)5-12(7)9/h4,6H,2-3,5H2,1H3,(H,10,11)(H,13,14). The number of hydrogen-bond donors (Lipinski definition) is 2. The molecule has 1 aliphatic heterocycles. The number of hydrogen-bond acceptors (Lipinski definition) is 3. The van der Waals surface area contributed by atoms with Crippen LogP contribution in [0, 0.1) is 5.92 Å². The zero-order valence-electron chi connectivity index (χ0n) is 8.03. The highest BCUT2D eigenvalue weighted by Gasteiger charge is 2.25. The fourth-order valence-corrected chi connectivity index (χ4v) is 1.70. The van der Waals surface area contributed by atoms with E-state index in [1.54, 1.807) is 6.20 Å². The van der Waals surface area contributed by atoms with E-state index in [9.17, 15) is 4.79 Å². The van der Waals surface area contributed by atoms with Crippen LogP contribution in [0.3, 0.4) is 0 Å². The predicted molar refractivity (Wildman–Crippen MR) is 51.2 cm³/mol. The van der Waals surface area contributed by atoms with Crippen molar-refractivity contribution in [3.63, 3.8) is 0 Å². The topological polar surface area (TPSA) is 67.2 Å². The quantitative estimate of drug-likeness (QED) is 0.724. The number of aliphatic carboxylic acids is 1. The first-order valence-corrected chi connectivity index (χ1v) is 4.73. The molecule has 0 saturated heterocycles. The molecule has 2 heterocycles. The molecule has 1 unspecified atom stereocenters. The van der Waals surface area contributed by atoms with Gasteiger partial charge in [-0.15, -0.1) is 0 Å². The first kappa shape index (κ1) is 9.05. The van der Waals surface area contributed by atoms with Crippen LogP contribution in [0.1, 0.15) is 12.6 Å². The molecular weight excluding hydrogens is 182 g/mol. The largest absolute Gasteiger partial charge is 0.481 e. The van der Waals surface area contributed by atoms with Crippen molar-refractivity contribution >= 4 is 11.9 Å². The van der Waals surface area contributed by atoms with Crippen molar-refractivity contribution in [1.82, 2.24) is 9.55 Å². The van der Waals surface area contributed by atoms with E-state index in [0.717, 1.165) is 18.1 Å². The Morgan fingerprint density at radius 2 is 2.64 bits per heavy atom. The van der Waals surface area contributed by atoms with Crippen molar-refractivity contribution < 1.29 is 9.90 Å². The number of nitrogens with zero attached hydrogens (tertiary/aromatic N) is 2. The second-order valence-electron chi connectivity index (χ2n) is 3.45. The van der Waals surface area contributed by atoms with Gasteiger partial charge in [0, 0.05) is 18.8 Å². The Morgan fingerprint density at radius 3 is 3.29 bits per heavy atom. The Morgan fingerprint density at radius 1 is 1.86 bits per heavy atom. The fraction of sp³-hybridized carbons (Fsp3) is 0.556. The number of rotatable bonds is 2. The van der Waals surface area contributed by atoms with E-state index in [1.807, 2.05) is 11.5 Å². The zero-order chi connectivity index (χ0) is 10.1. The normalized spacial score (nSPS) is 19.9. The van der Waals surface area contributed by atoms with Gasteiger partial charge in [-0.05, 0) is 6.42 Å². The Kier molecular flexibility index (Phi) is 2.15. The number of carboxylic acids is 1.